The SMILES string of the molecule is Cn1cccc1C(=O)NCc1cc(C#CCN)ccc1F. The number of aromatic nitrogens is 1. The van der Waals surface area contributed by atoms with Crippen molar-refractivity contribution in [2.75, 3.05) is 6.54 Å². The summed E-state index contributed by atoms with van der Waals surface area (Å²) in [5.74, 6) is 4.92. The molecule has 0 saturated carbocycles. The Labute approximate surface area is 122 Å². The van der Waals surface area contributed by atoms with Crippen LogP contribution >= 0.6 is 0 Å². The van der Waals surface area contributed by atoms with Crippen LogP contribution in [-0.2, 0) is 13.6 Å². The van der Waals surface area contributed by atoms with E-state index in [4.69, 9.17) is 5.73 Å². The first-order valence-electron chi connectivity index (χ1n) is 6.48. The van der Waals surface area contributed by atoms with Crippen LogP contribution in [0.25, 0.3) is 0 Å². The lowest BCUT2D eigenvalue weighted by Crippen LogP contribution is -2.25. The van der Waals surface area contributed by atoms with Gasteiger partial charge in [0.2, 0.25) is 0 Å². The highest BCUT2D eigenvalue weighted by molar-refractivity contribution is 5.92. The van der Waals surface area contributed by atoms with Gasteiger partial charge in [-0.2, -0.15) is 0 Å². The number of hydrogen-bond acceptors (Lipinski definition) is 2. The minimum atomic E-state index is -0.375. The van der Waals surface area contributed by atoms with Crippen molar-refractivity contribution in [2.45, 2.75) is 6.54 Å². The second kappa shape index (κ2) is 6.73. The van der Waals surface area contributed by atoms with Gasteiger partial charge in [0.1, 0.15) is 11.5 Å². The van der Waals surface area contributed by atoms with Gasteiger partial charge in [-0.15, -0.1) is 0 Å². The third-order valence-corrected chi connectivity index (χ3v) is 3.00. The lowest BCUT2D eigenvalue weighted by Gasteiger charge is -2.07. The zero-order chi connectivity index (χ0) is 15.2. The molecule has 2 rings (SSSR count). The summed E-state index contributed by atoms with van der Waals surface area (Å²) >= 11 is 0. The van der Waals surface area contributed by atoms with E-state index in [-0.39, 0.29) is 24.8 Å². The van der Waals surface area contributed by atoms with Gasteiger partial charge in [0.25, 0.3) is 5.91 Å². The summed E-state index contributed by atoms with van der Waals surface area (Å²) in [6.07, 6.45) is 1.78. The topological polar surface area (TPSA) is 60.0 Å². The number of hydrogen-bond donors (Lipinski definition) is 2. The third-order valence-electron chi connectivity index (χ3n) is 3.00. The highest BCUT2D eigenvalue weighted by Crippen LogP contribution is 2.10. The highest BCUT2D eigenvalue weighted by Gasteiger charge is 2.10. The number of carbonyl (C=O) groups is 1. The van der Waals surface area contributed by atoms with Crippen molar-refractivity contribution in [1.82, 2.24) is 9.88 Å². The average Bonchev–Trinajstić information content (AvgIpc) is 2.91. The van der Waals surface area contributed by atoms with Crippen molar-refractivity contribution in [2.24, 2.45) is 12.8 Å². The second-order valence-electron chi connectivity index (χ2n) is 4.50. The van der Waals surface area contributed by atoms with Crippen molar-refractivity contribution in [3.8, 4) is 11.8 Å². The van der Waals surface area contributed by atoms with Crippen LogP contribution in [0.2, 0.25) is 0 Å². The quantitative estimate of drug-likeness (QED) is 0.838. The van der Waals surface area contributed by atoms with Gasteiger partial charge in [0, 0.05) is 30.9 Å². The Morgan fingerprint density at radius 3 is 2.90 bits per heavy atom. The van der Waals surface area contributed by atoms with Gasteiger partial charge in [-0.3, -0.25) is 4.79 Å². The number of aryl methyl sites for hydroxylation is 1. The van der Waals surface area contributed by atoms with Crippen molar-refractivity contribution >= 4 is 5.91 Å². The van der Waals surface area contributed by atoms with E-state index in [2.05, 4.69) is 17.2 Å². The van der Waals surface area contributed by atoms with Crippen LogP contribution in [0.1, 0.15) is 21.6 Å². The number of benzene rings is 1. The second-order valence-corrected chi connectivity index (χ2v) is 4.50. The summed E-state index contributed by atoms with van der Waals surface area (Å²) < 4.78 is 15.4. The third kappa shape index (κ3) is 3.71. The Morgan fingerprint density at radius 1 is 1.43 bits per heavy atom. The lowest BCUT2D eigenvalue weighted by molar-refractivity contribution is 0.0942. The molecule has 1 aromatic carbocycles. The minimum absolute atomic E-state index is 0.105. The molecule has 2 aromatic rings. The van der Waals surface area contributed by atoms with Crippen LogP contribution in [0.15, 0.2) is 36.5 Å². The Balaban J connectivity index is 2.09. The average molecular weight is 285 g/mol. The van der Waals surface area contributed by atoms with Crippen molar-refractivity contribution < 1.29 is 9.18 Å². The van der Waals surface area contributed by atoms with Gasteiger partial charge in [0.15, 0.2) is 0 Å². The monoisotopic (exact) mass is 285 g/mol. The molecular formula is C16H16FN3O. The van der Waals surface area contributed by atoms with Crippen LogP contribution in [0.3, 0.4) is 0 Å². The zero-order valence-electron chi connectivity index (χ0n) is 11.7. The fourth-order valence-corrected chi connectivity index (χ4v) is 1.90. The molecule has 0 saturated heterocycles. The number of halogens is 1. The first kappa shape index (κ1) is 14.8. The Morgan fingerprint density at radius 2 is 2.24 bits per heavy atom. The van der Waals surface area contributed by atoms with Crippen LogP contribution < -0.4 is 11.1 Å². The molecule has 0 aliphatic rings. The van der Waals surface area contributed by atoms with E-state index in [1.54, 1.807) is 42.1 Å². The van der Waals surface area contributed by atoms with E-state index >= 15 is 0 Å². The maximum absolute atomic E-state index is 13.7. The number of nitrogens with two attached hydrogens (primary N) is 1. The molecule has 1 amide bonds. The van der Waals surface area contributed by atoms with Gasteiger partial charge in [0.05, 0.1) is 6.54 Å². The normalized spacial score (nSPS) is 9.86. The largest absolute Gasteiger partial charge is 0.347 e. The molecular weight excluding hydrogens is 269 g/mol. The van der Waals surface area contributed by atoms with Gasteiger partial charge in [-0.05, 0) is 30.3 Å². The van der Waals surface area contributed by atoms with Gasteiger partial charge in [-0.1, -0.05) is 11.8 Å². The van der Waals surface area contributed by atoms with Gasteiger partial charge in [-0.25, -0.2) is 4.39 Å². The van der Waals surface area contributed by atoms with Gasteiger partial charge >= 0.3 is 0 Å². The standard InChI is InChI=1S/C16H16FN3O/c1-20-9-3-5-15(20)16(21)19-11-13-10-12(4-2-8-18)6-7-14(13)17/h3,5-7,9-10H,8,11,18H2,1H3,(H,19,21). The molecule has 1 heterocycles. The smallest absolute Gasteiger partial charge is 0.268 e. The Bertz CT molecular complexity index is 710. The zero-order valence-corrected chi connectivity index (χ0v) is 11.7. The molecule has 0 aliphatic heterocycles. The molecule has 0 spiro atoms. The van der Waals surface area contributed by atoms with Crippen molar-refractivity contribution in [1.29, 1.82) is 0 Å². The summed E-state index contributed by atoms with van der Waals surface area (Å²) in [5, 5.41) is 2.69. The maximum Gasteiger partial charge on any atom is 0.268 e. The Kier molecular flexibility index (Phi) is 4.75. The summed E-state index contributed by atoms with van der Waals surface area (Å²) in [4.78, 5) is 12.0. The van der Waals surface area contributed by atoms with Gasteiger partial charge < -0.3 is 15.6 Å². The number of carbonyl (C=O) groups excluding carboxylic acids is 1. The van der Waals surface area contributed by atoms with Crippen LogP contribution in [0.5, 0.6) is 0 Å². The molecule has 0 fully saturated rings. The van der Waals surface area contributed by atoms with E-state index in [0.717, 1.165) is 0 Å². The Hall–Kier alpha value is -2.58. The van der Waals surface area contributed by atoms with Crippen LogP contribution in [-0.4, -0.2) is 17.0 Å². The molecule has 4 nitrogen and oxygen atoms in total. The summed E-state index contributed by atoms with van der Waals surface area (Å²) in [7, 11) is 1.78. The molecule has 0 bridgehead atoms. The van der Waals surface area contributed by atoms with E-state index < -0.39 is 0 Å². The first-order chi connectivity index (χ1) is 10.1. The number of rotatable bonds is 3. The summed E-state index contributed by atoms with van der Waals surface area (Å²) in [5.41, 5.74) is 6.89. The van der Waals surface area contributed by atoms with Crippen molar-refractivity contribution in [3.63, 3.8) is 0 Å². The molecule has 21 heavy (non-hydrogen) atoms. The fourth-order valence-electron chi connectivity index (χ4n) is 1.90. The van der Waals surface area contributed by atoms with E-state index in [9.17, 15) is 9.18 Å². The molecule has 3 N–H and O–H groups in total. The number of nitrogens with one attached hydrogen (secondary N) is 1. The maximum atomic E-state index is 13.7. The minimum Gasteiger partial charge on any atom is -0.347 e. The van der Waals surface area contributed by atoms with Crippen LogP contribution in [0, 0.1) is 17.7 Å². The number of amides is 1. The summed E-state index contributed by atoms with van der Waals surface area (Å²) in [6.45, 7) is 0.352. The van der Waals surface area contributed by atoms with E-state index in [0.29, 0.717) is 16.8 Å². The fraction of sp³-hybridized carbons (Fsp3) is 0.188. The summed E-state index contributed by atoms with van der Waals surface area (Å²) in [6, 6.07) is 8.02. The predicted octanol–water partition coefficient (Wildman–Crippen LogP) is 1.40. The lowest BCUT2D eigenvalue weighted by atomic mass is 10.1. The molecule has 1 aromatic heterocycles. The highest BCUT2D eigenvalue weighted by atomic mass is 19.1. The van der Waals surface area contributed by atoms with Crippen LogP contribution in [0.4, 0.5) is 4.39 Å². The molecule has 0 unspecified atom stereocenters. The molecule has 108 valence electrons. The van der Waals surface area contributed by atoms with E-state index in [1.807, 2.05) is 0 Å². The molecule has 0 radical (unpaired) electrons. The molecule has 0 atom stereocenters. The van der Waals surface area contributed by atoms with Crippen molar-refractivity contribution in [3.05, 3.63) is 59.2 Å². The van der Waals surface area contributed by atoms with E-state index in [1.165, 1.54) is 6.07 Å². The predicted molar refractivity (Wildman–Crippen MR) is 78.9 cm³/mol. The number of nitrogens with zero attached hydrogens (tertiary/aromatic N) is 1. The molecule has 0 aliphatic carbocycles. The first-order valence-corrected chi connectivity index (χ1v) is 6.48. The molecule has 5 heteroatoms.